The van der Waals surface area contributed by atoms with Crippen molar-refractivity contribution in [3.05, 3.63) is 89.2 Å². The average molecular weight is 481 g/mol. The van der Waals surface area contributed by atoms with Crippen molar-refractivity contribution in [2.75, 3.05) is 5.32 Å². The molecule has 1 aliphatic rings. The molecule has 1 aliphatic heterocycles. The third-order valence-electron chi connectivity index (χ3n) is 5.36. The predicted octanol–water partition coefficient (Wildman–Crippen LogP) is 5.14. The Bertz CT molecular complexity index is 1270. The number of halogens is 2. The number of aryl methyl sites for hydroxylation is 2. The maximum atomic E-state index is 13.9. The standard InChI is InChI=1S/C25H22F2N4O2S/c1-15-6-8-18(11-16(15)2)29-25-31(14-19-5-3-4-10-28-19)24(33)22(34-25)13-23(32)30-21-9-7-17(26)12-20(21)27/h3-12,22H,13-14H2,1-2H3,(H,30,32). The minimum Gasteiger partial charge on any atom is -0.324 e. The van der Waals surface area contributed by atoms with Crippen LogP contribution in [0.5, 0.6) is 0 Å². The lowest BCUT2D eigenvalue weighted by atomic mass is 10.1. The fourth-order valence-corrected chi connectivity index (χ4v) is 4.55. The maximum absolute atomic E-state index is 13.9. The zero-order valence-corrected chi connectivity index (χ0v) is 19.4. The number of amides is 2. The van der Waals surface area contributed by atoms with Gasteiger partial charge in [0.15, 0.2) is 5.17 Å². The van der Waals surface area contributed by atoms with Gasteiger partial charge in [0.1, 0.15) is 16.9 Å². The molecule has 9 heteroatoms. The van der Waals surface area contributed by atoms with Gasteiger partial charge in [-0.1, -0.05) is 23.9 Å². The van der Waals surface area contributed by atoms with Crippen molar-refractivity contribution in [3.8, 4) is 0 Å². The first-order valence-electron chi connectivity index (χ1n) is 10.6. The highest BCUT2D eigenvalue weighted by Gasteiger charge is 2.39. The van der Waals surface area contributed by atoms with Crippen molar-refractivity contribution in [2.24, 2.45) is 4.99 Å². The number of carbonyl (C=O) groups excluding carboxylic acids is 2. The molecule has 1 aromatic heterocycles. The molecule has 1 N–H and O–H groups in total. The third-order valence-corrected chi connectivity index (χ3v) is 6.53. The predicted molar refractivity (Wildman–Crippen MR) is 129 cm³/mol. The van der Waals surface area contributed by atoms with Crippen LogP contribution in [0.25, 0.3) is 0 Å². The van der Waals surface area contributed by atoms with Crippen LogP contribution in [0.4, 0.5) is 20.2 Å². The molecule has 174 valence electrons. The van der Waals surface area contributed by atoms with Gasteiger partial charge in [0.25, 0.3) is 0 Å². The smallest absolute Gasteiger partial charge is 0.243 e. The lowest BCUT2D eigenvalue weighted by Gasteiger charge is -2.16. The number of nitrogens with zero attached hydrogens (tertiary/aromatic N) is 3. The Morgan fingerprint density at radius 3 is 2.65 bits per heavy atom. The molecule has 1 unspecified atom stereocenters. The molecule has 1 atom stereocenters. The van der Waals surface area contributed by atoms with Gasteiger partial charge in [-0.3, -0.25) is 19.5 Å². The first kappa shape index (κ1) is 23.6. The van der Waals surface area contributed by atoms with Crippen LogP contribution < -0.4 is 5.32 Å². The highest BCUT2D eigenvalue weighted by molar-refractivity contribution is 8.15. The van der Waals surface area contributed by atoms with Gasteiger partial charge in [-0.15, -0.1) is 0 Å². The molecule has 0 bridgehead atoms. The van der Waals surface area contributed by atoms with Crippen LogP contribution >= 0.6 is 11.8 Å². The monoisotopic (exact) mass is 480 g/mol. The van der Waals surface area contributed by atoms with Crippen molar-refractivity contribution in [1.29, 1.82) is 0 Å². The molecule has 2 aromatic carbocycles. The first-order valence-corrected chi connectivity index (χ1v) is 11.5. The van der Waals surface area contributed by atoms with Crippen LogP contribution in [-0.4, -0.2) is 32.1 Å². The quantitative estimate of drug-likeness (QED) is 0.530. The highest BCUT2D eigenvalue weighted by Crippen LogP contribution is 2.33. The van der Waals surface area contributed by atoms with Crippen molar-refractivity contribution in [2.45, 2.75) is 32.1 Å². The van der Waals surface area contributed by atoms with Crippen molar-refractivity contribution >= 4 is 40.1 Å². The number of hydrogen-bond acceptors (Lipinski definition) is 5. The summed E-state index contributed by atoms with van der Waals surface area (Å²) >= 11 is 1.18. The van der Waals surface area contributed by atoms with Gasteiger partial charge < -0.3 is 5.32 Å². The van der Waals surface area contributed by atoms with Crippen LogP contribution in [0.1, 0.15) is 23.2 Å². The van der Waals surface area contributed by atoms with Gasteiger partial charge >= 0.3 is 0 Å². The van der Waals surface area contributed by atoms with E-state index in [-0.39, 0.29) is 24.6 Å². The summed E-state index contributed by atoms with van der Waals surface area (Å²) < 4.78 is 27.0. The highest BCUT2D eigenvalue weighted by atomic mass is 32.2. The van der Waals surface area contributed by atoms with Gasteiger partial charge in [0, 0.05) is 18.7 Å². The minimum atomic E-state index is -0.882. The Kier molecular flexibility index (Phi) is 7.02. The first-order chi connectivity index (χ1) is 16.3. The van der Waals surface area contributed by atoms with Crippen LogP contribution in [0, 0.1) is 25.5 Å². The van der Waals surface area contributed by atoms with Crippen LogP contribution in [0.2, 0.25) is 0 Å². The largest absolute Gasteiger partial charge is 0.324 e. The summed E-state index contributed by atoms with van der Waals surface area (Å²) in [5, 5.41) is 2.13. The molecule has 2 amide bonds. The van der Waals surface area contributed by atoms with Gasteiger partial charge in [0.05, 0.1) is 23.6 Å². The van der Waals surface area contributed by atoms with Gasteiger partial charge in [0.2, 0.25) is 11.8 Å². The Labute approximate surface area is 200 Å². The maximum Gasteiger partial charge on any atom is 0.243 e. The third kappa shape index (κ3) is 5.48. The van der Waals surface area contributed by atoms with E-state index in [1.807, 2.05) is 44.2 Å². The summed E-state index contributed by atoms with van der Waals surface area (Å²) in [6, 6.07) is 14.1. The number of amidine groups is 1. The number of aliphatic imine (C=N–C) groups is 1. The molecule has 4 rings (SSSR count). The number of rotatable bonds is 6. The molecule has 0 spiro atoms. The topological polar surface area (TPSA) is 74.7 Å². The number of anilines is 1. The van der Waals surface area contributed by atoms with E-state index in [0.29, 0.717) is 22.6 Å². The van der Waals surface area contributed by atoms with Crippen molar-refractivity contribution in [3.63, 3.8) is 0 Å². The fraction of sp³-hybridized carbons (Fsp3) is 0.200. The number of thioether (sulfide) groups is 1. The number of benzene rings is 2. The second-order valence-electron chi connectivity index (χ2n) is 7.89. The number of pyridine rings is 1. The number of carbonyl (C=O) groups is 2. The summed E-state index contributed by atoms with van der Waals surface area (Å²) in [5.74, 6) is -2.46. The number of hydrogen-bond donors (Lipinski definition) is 1. The minimum absolute atomic E-state index is 0.142. The SMILES string of the molecule is Cc1ccc(N=C2SC(CC(=O)Nc3ccc(F)cc3F)C(=O)N2Cc2ccccn2)cc1C. The van der Waals surface area contributed by atoms with E-state index in [1.165, 1.54) is 16.7 Å². The molecule has 0 radical (unpaired) electrons. The molecular weight excluding hydrogens is 458 g/mol. The molecule has 0 saturated carbocycles. The molecule has 34 heavy (non-hydrogen) atoms. The Morgan fingerprint density at radius 1 is 1.12 bits per heavy atom. The van der Waals surface area contributed by atoms with Gasteiger partial charge in [-0.05, 0) is 61.4 Å². The summed E-state index contributed by atoms with van der Waals surface area (Å²) in [4.78, 5) is 36.3. The van der Waals surface area contributed by atoms with E-state index in [4.69, 9.17) is 0 Å². The lowest BCUT2D eigenvalue weighted by molar-refractivity contribution is -0.128. The van der Waals surface area contributed by atoms with E-state index < -0.39 is 22.8 Å². The van der Waals surface area contributed by atoms with Gasteiger partial charge in [-0.2, -0.15) is 0 Å². The fourth-order valence-electron chi connectivity index (χ4n) is 3.39. The summed E-state index contributed by atoms with van der Waals surface area (Å²) in [5.41, 5.74) is 3.44. The van der Waals surface area contributed by atoms with E-state index in [1.54, 1.807) is 12.3 Å². The van der Waals surface area contributed by atoms with Crippen molar-refractivity contribution < 1.29 is 18.4 Å². The summed E-state index contributed by atoms with van der Waals surface area (Å²) in [6.07, 6.45) is 1.45. The Balaban J connectivity index is 1.56. The second-order valence-corrected chi connectivity index (χ2v) is 9.06. The van der Waals surface area contributed by atoms with Crippen LogP contribution in [-0.2, 0) is 16.1 Å². The molecule has 3 aromatic rings. The summed E-state index contributed by atoms with van der Waals surface area (Å²) in [7, 11) is 0. The number of aromatic nitrogens is 1. The molecular formula is C25H22F2N4O2S. The lowest BCUT2D eigenvalue weighted by Crippen LogP contribution is -2.33. The van der Waals surface area contributed by atoms with Gasteiger partial charge in [-0.25, -0.2) is 13.8 Å². The van der Waals surface area contributed by atoms with Crippen molar-refractivity contribution in [1.82, 2.24) is 9.88 Å². The molecule has 2 heterocycles. The molecule has 1 saturated heterocycles. The van der Waals surface area contributed by atoms with Crippen LogP contribution in [0.15, 0.2) is 65.8 Å². The molecule has 6 nitrogen and oxygen atoms in total. The zero-order valence-electron chi connectivity index (χ0n) is 18.6. The number of nitrogens with one attached hydrogen (secondary N) is 1. The Morgan fingerprint density at radius 2 is 1.94 bits per heavy atom. The average Bonchev–Trinajstić information content (AvgIpc) is 3.07. The molecule has 1 fully saturated rings. The van der Waals surface area contributed by atoms with E-state index in [9.17, 15) is 18.4 Å². The van der Waals surface area contributed by atoms with E-state index >= 15 is 0 Å². The van der Waals surface area contributed by atoms with E-state index in [0.717, 1.165) is 23.3 Å². The summed E-state index contributed by atoms with van der Waals surface area (Å²) in [6.45, 7) is 4.20. The zero-order chi connectivity index (χ0) is 24.2. The van der Waals surface area contributed by atoms with E-state index in [2.05, 4.69) is 15.3 Å². The van der Waals surface area contributed by atoms with Crippen LogP contribution in [0.3, 0.4) is 0 Å². The molecule has 0 aliphatic carbocycles. The normalized spacial score (nSPS) is 16.8. The Hall–Kier alpha value is -3.59. The second kappa shape index (κ2) is 10.1.